The molecule has 0 amide bonds. The van der Waals surface area contributed by atoms with Crippen LogP contribution in [0.15, 0.2) is 0 Å². The molecule has 0 rings (SSSR count). The lowest BCUT2D eigenvalue weighted by molar-refractivity contribution is -0.0182. The molecule has 0 aromatic heterocycles. The zero-order chi connectivity index (χ0) is 18.3. The van der Waals surface area contributed by atoms with Crippen molar-refractivity contribution in [2.75, 3.05) is 92.5 Å². The normalized spacial score (nSPS) is 11.3. The fourth-order valence-corrected chi connectivity index (χ4v) is 1.76. The smallest absolute Gasteiger partial charge is 0.0701 e. The van der Waals surface area contributed by atoms with Gasteiger partial charge in [0, 0.05) is 13.2 Å². The maximum Gasteiger partial charge on any atom is 0.0701 e. The minimum absolute atomic E-state index is 0.0358. The Kier molecular flexibility index (Phi) is 23.4. The predicted molar refractivity (Wildman–Crippen MR) is 92.9 cm³/mol. The lowest BCUT2D eigenvalue weighted by Crippen LogP contribution is -2.14. The molecule has 0 aromatic carbocycles. The molecule has 0 saturated carbocycles. The van der Waals surface area contributed by atoms with Crippen molar-refractivity contribution in [3.8, 4) is 0 Å². The molecular formula is C17H36O8. The highest BCUT2D eigenvalue weighted by atomic mass is 16.6. The van der Waals surface area contributed by atoms with Crippen molar-refractivity contribution in [3.05, 3.63) is 0 Å². The number of ether oxygens (including phenoxy) is 6. The first-order chi connectivity index (χ1) is 12.4. The van der Waals surface area contributed by atoms with Crippen molar-refractivity contribution >= 4 is 0 Å². The van der Waals surface area contributed by atoms with E-state index in [-0.39, 0.29) is 13.2 Å². The van der Waals surface area contributed by atoms with Crippen LogP contribution in [0, 0.1) is 0 Å². The lowest BCUT2D eigenvalue weighted by Gasteiger charge is -2.08. The van der Waals surface area contributed by atoms with Gasteiger partial charge in [-0.05, 0) is 19.3 Å². The Morgan fingerprint density at radius 3 is 1.04 bits per heavy atom. The topological polar surface area (TPSA) is 95.8 Å². The molecule has 0 unspecified atom stereocenters. The Morgan fingerprint density at radius 2 is 0.680 bits per heavy atom. The van der Waals surface area contributed by atoms with E-state index < -0.39 is 0 Å². The van der Waals surface area contributed by atoms with E-state index in [1.807, 2.05) is 0 Å². The van der Waals surface area contributed by atoms with Crippen LogP contribution < -0.4 is 0 Å². The summed E-state index contributed by atoms with van der Waals surface area (Å²) in [5.74, 6) is 0. The SMILES string of the molecule is OCCCCCOCCOCCOCCOCCOCCOCCO. The molecule has 0 bridgehead atoms. The predicted octanol–water partition coefficient (Wildman–Crippen LogP) is 0.241. The van der Waals surface area contributed by atoms with Gasteiger partial charge in [0.05, 0.1) is 79.3 Å². The van der Waals surface area contributed by atoms with Crippen LogP contribution in [-0.4, -0.2) is 103 Å². The monoisotopic (exact) mass is 368 g/mol. The van der Waals surface area contributed by atoms with Crippen molar-refractivity contribution < 1.29 is 38.6 Å². The van der Waals surface area contributed by atoms with E-state index in [2.05, 4.69) is 0 Å². The zero-order valence-corrected chi connectivity index (χ0v) is 15.4. The molecule has 2 N–H and O–H groups in total. The second-order valence-electron chi connectivity index (χ2n) is 5.18. The first kappa shape index (κ1) is 24.7. The second kappa shape index (κ2) is 23.7. The van der Waals surface area contributed by atoms with E-state index in [0.717, 1.165) is 25.9 Å². The van der Waals surface area contributed by atoms with Gasteiger partial charge in [0.25, 0.3) is 0 Å². The summed E-state index contributed by atoms with van der Waals surface area (Å²) in [4.78, 5) is 0. The van der Waals surface area contributed by atoms with Gasteiger partial charge in [-0.3, -0.25) is 0 Å². The molecule has 0 aliphatic carbocycles. The Balaban J connectivity index is 2.94. The van der Waals surface area contributed by atoms with Gasteiger partial charge >= 0.3 is 0 Å². The Hall–Kier alpha value is -0.320. The van der Waals surface area contributed by atoms with E-state index in [1.165, 1.54) is 0 Å². The van der Waals surface area contributed by atoms with Crippen LogP contribution in [0.5, 0.6) is 0 Å². The first-order valence-electron chi connectivity index (χ1n) is 9.10. The third-order valence-corrected chi connectivity index (χ3v) is 3.04. The highest BCUT2D eigenvalue weighted by Gasteiger charge is 1.94. The maximum atomic E-state index is 8.63. The summed E-state index contributed by atoms with van der Waals surface area (Å²) in [6.07, 6.45) is 2.82. The molecule has 0 radical (unpaired) electrons. The quantitative estimate of drug-likeness (QED) is 0.262. The zero-order valence-electron chi connectivity index (χ0n) is 15.4. The van der Waals surface area contributed by atoms with Gasteiger partial charge in [0.2, 0.25) is 0 Å². The van der Waals surface area contributed by atoms with Gasteiger partial charge in [0.15, 0.2) is 0 Å². The van der Waals surface area contributed by atoms with Crippen LogP contribution in [0.25, 0.3) is 0 Å². The molecular weight excluding hydrogens is 332 g/mol. The third-order valence-electron chi connectivity index (χ3n) is 3.04. The summed E-state index contributed by atoms with van der Waals surface area (Å²) in [6.45, 7) is 6.69. The van der Waals surface area contributed by atoms with Crippen LogP contribution in [-0.2, 0) is 28.4 Å². The van der Waals surface area contributed by atoms with E-state index in [1.54, 1.807) is 0 Å². The van der Waals surface area contributed by atoms with Crippen molar-refractivity contribution in [1.82, 2.24) is 0 Å². The van der Waals surface area contributed by atoms with E-state index in [4.69, 9.17) is 38.6 Å². The minimum Gasteiger partial charge on any atom is -0.396 e. The number of aliphatic hydroxyl groups is 2. The van der Waals surface area contributed by atoms with Crippen LogP contribution in [0.2, 0.25) is 0 Å². The van der Waals surface area contributed by atoms with Gasteiger partial charge < -0.3 is 38.6 Å². The maximum absolute atomic E-state index is 8.63. The van der Waals surface area contributed by atoms with Crippen LogP contribution in [0.1, 0.15) is 19.3 Å². The van der Waals surface area contributed by atoms with E-state index in [0.29, 0.717) is 72.7 Å². The molecule has 8 heteroatoms. The average Bonchev–Trinajstić information content (AvgIpc) is 2.63. The summed E-state index contributed by atoms with van der Waals surface area (Å²) in [6, 6.07) is 0. The van der Waals surface area contributed by atoms with E-state index >= 15 is 0 Å². The van der Waals surface area contributed by atoms with Gasteiger partial charge in [-0.2, -0.15) is 0 Å². The molecule has 152 valence electrons. The van der Waals surface area contributed by atoms with Crippen LogP contribution in [0.4, 0.5) is 0 Å². The lowest BCUT2D eigenvalue weighted by atomic mass is 10.2. The molecule has 0 fully saturated rings. The summed E-state index contributed by atoms with van der Waals surface area (Å²) in [5, 5.41) is 17.1. The molecule has 0 aliphatic rings. The van der Waals surface area contributed by atoms with Gasteiger partial charge in [-0.25, -0.2) is 0 Å². The fraction of sp³-hybridized carbons (Fsp3) is 1.00. The summed E-state index contributed by atoms with van der Waals surface area (Å²) < 4.78 is 31.9. The van der Waals surface area contributed by atoms with Crippen LogP contribution in [0.3, 0.4) is 0 Å². The fourth-order valence-electron chi connectivity index (χ4n) is 1.76. The first-order valence-corrected chi connectivity index (χ1v) is 9.10. The Labute approximate surface area is 151 Å². The molecule has 0 heterocycles. The van der Waals surface area contributed by atoms with Crippen molar-refractivity contribution in [2.24, 2.45) is 0 Å². The number of rotatable bonds is 22. The number of aliphatic hydroxyl groups excluding tert-OH is 2. The molecule has 0 saturated heterocycles. The summed E-state index contributed by atoms with van der Waals surface area (Å²) >= 11 is 0. The largest absolute Gasteiger partial charge is 0.396 e. The van der Waals surface area contributed by atoms with Crippen molar-refractivity contribution in [2.45, 2.75) is 19.3 Å². The molecule has 8 nitrogen and oxygen atoms in total. The standard InChI is InChI=1S/C17H36O8/c18-4-2-1-3-6-20-8-10-22-12-14-24-16-17-25-15-13-23-11-9-21-7-5-19/h18-19H,1-17H2. The molecule has 0 aliphatic heterocycles. The highest BCUT2D eigenvalue weighted by molar-refractivity contribution is 4.40. The van der Waals surface area contributed by atoms with Gasteiger partial charge in [-0.1, -0.05) is 0 Å². The Morgan fingerprint density at radius 1 is 0.320 bits per heavy atom. The molecule has 25 heavy (non-hydrogen) atoms. The number of unbranched alkanes of at least 4 members (excludes halogenated alkanes) is 2. The highest BCUT2D eigenvalue weighted by Crippen LogP contribution is 1.94. The summed E-state index contributed by atoms with van der Waals surface area (Å²) in [7, 11) is 0. The van der Waals surface area contributed by atoms with Gasteiger partial charge in [-0.15, -0.1) is 0 Å². The number of hydrogen-bond donors (Lipinski definition) is 2. The van der Waals surface area contributed by atoms with Gasteiger partial charge in [0.1, 0.15) is 0 Å². The third kappa shape index (κ3) is 23.7. The van der Waals surface area contributed by atoms with Crippen molar-refractivity contribution in [3.63, 3.8) is 0 Å². The molecule has 0 atom stereocenters. The van der Waals surface area contributed by atoms with Crippen molar-refractivity contribution in [1.29, 1.82) is 0 Å². The Bertz CT molecular complexity index is 209. The second-order valence-corrected chi connectivity index (χ2v) is 5.18. The summed E-state index contributed by atoms with van der Waals surface area (Å²) in [5.41, 5.74) is 0. The number of hydrogen-bond acceptors (Lipinski definition) is 8. The minimum atomic E-state index is 0.0358. The molecule has 0 aromatic rings. The average molecular weight is 368 g/mol. The van der Waals surface area contributed by atoms with E-state index in [9.17, 15) is 0 Å². The molecule has 0 spiro atoms. The van der Waals surface area contributed by atoms with Crippen LogP contribution >= 0.6 is 0 Å².